The zero-order valence-electron chi connectivity index (χ0n) is 10.5. The first-order chi connectivity index (χ1) is 6.66. The number of hydrogen-bond acceptors (Lipinski definition) is 4. The van der Waals surface area contributed by atoms with Crippen molar-refractivity contribution in [2.24, 2.45) is 0 Å². The van der Waals surface area contributed by atoms with E-state index in [0.29, 0.717) is 6.61 Å². The van der Waals surface area contributed by atoms with Gasteiger partial charge >= 0.3 is 0 Å². The molecule has 96 valence electrons. The number of unbranched alkanes of at least 4 members (excludes halogenated alkanes) is 1. The van der Waals surface area contributed by atoms with Crippen LogP contribution < -0.4 is 0 Å². The molecule has 0 unspecified atom stereocenters. The van der Waals surface area contributed by atoms with Crippen molar-refractivity contribution in [3.05, 3.63) is 0 Å². The van der Waals surface area contributed by atoms with E-state index in [4.69, 9.17) is 20.4 Å². The van der Waals surface area contributed by atoms with Crippen LogP contribution in [0.25, 0.3) is 0 Å². The average molecular weight is 304 g/mol. The van der Waals surface area contributed by atoms with Gasteiger partial charge in [0.1, 0.15) is 0 Å². The summed E-state index contributed by atoms with van der Waals surface area (Å²) >= 11 is 0. The summed E-state index contributed by atoms with van der Waals surface area (Å²) in [6.07, 6.45) is 2.04. The summed E-state index contributed by atoms with van der Waals surface area (Å²) in [5, 5.41) is 30.8. The van der Waals surface area contributed by atoms with E-state index < -0.39 is 0 Å². The molecule has 4 N–H and O–H groups in total. The van der Waals surface area contributed by atoms with Crippen molar-refractivity contribution < 1.29 is 46.6 Å². The normalized spacial score (nSPS) is 6.40. The Morgan fingerprint density at radius 1 is 0.667 bits per heavy atom. The quantitative estimate of drug-likeness (QED) is 0.607. The molecule has 0 saturated carbocycles. The molecule has 4 nitrogen and oxygen atoms in total. The van der Waals surface area contributed by atoms with E-state index in [1.54, 1.807) is 20.8 Å². The van der Waals surface area contributed by atoms with E-state index in [1.165, 1.54) is 0 Å². The van der Waals surface area contributed by atoms with Gasteiger partial charge in [0.25, 0.3) is 0 Å². The van der Waals surface area contributed by atoms with E-state index in [9.17, 15) is 0 Å². The van der Waals surface area contributed by atoms with Crippen molar-refractivity contribution in [3.8, 4) is 0 Å². The van der Waals surface area contributed by atoms with Crippen molar-refractivity contribution in [3.63, 3.8) is 0 Å². The average Bonchev–Trinajstić information content (AvgIpc) is 2.09. The minimum absolute atomic E-state index is 0. The van der Waals surface area contributed by atoms with E-state index in [-0.39, 0.29) is 46.0 Å². The van der Waals surface area contributed by atoms with Crippen molar-refractivity contribution >= 4 is 0 Å². The first kappa shape index (κ1) is 29.6. The Morgan fingerprint density at radius 3 is 0.867 bits per heavy atom. The van der Waals surface area contributed by atoms with Crippen LogP contribution in [0.5, 0.6) is 0 Å². The molecule has 0 fully saturated rings. The van der Waals surface area contributed by atoms with Crippen molar-refractivity contribution in [1.82, 2.24) is 0 Å². The molecule has 0 saturated heterocycles. The summed E-state index contributed by atoms with van der Waals surface area (Å²) in [6, 6.07) is 0. The summed E-state index contributed by atoms with van der Waals surface area (Å²) in [5.41, 5.74) is 0. The maximum Gasteiger partial charge on any atom is 0.0430 e. The number of aliphatic hydroxyl groups is 4. The third-order valence-electron chi connectivity index (χ3n) is 0.512. The number of aliphatic hydroxyl groups excluding tert-OH is 4. The Hall–Kier alpha value is 0.723. The third kappa shape index (κ3) is 321. The van der Waals surface area contributed by atoms with Gasteiger partial charge < -0.3 is 20.4 Å². The first-order valence-electron chi connectivity index (χ1n) is 5.09. The molecule has 0 amide bonds. The molecule has 0 heterocycles. The fourth-order valence-electron chi connectivity index (χ4n) is 0.158. The van der Waals surface area contributed by atoms with Crippen LogP contribution in [0, 0.1) is 0 Å². The van der Waals surface area contributed by atoms with Crippen LogP contribution in [0.3, 0.4) is 0 Å². The van der Waals surface area contributed by atoms with Gasteiger partial charge in [0, 0.05) is 52.6 Å². The van der Waals surface area contributed by atoms with Gasteiger partial charge in [-0.05, 0) is 27.2 Å². The predicted octanol–water partition coefficient (Wildman–Crippen LogP) is 0.772. The van der Waals surface area contributed by atoms with Crippen LogP contribution in [0.1, 0.15) is 40.5 Å². The van der Waals surface area contributed by atoms with Gasteiger partial charge in [-0.2, -0.15) is 0 Å². The number of rotatable bonds is 2. The van der Waals surface area contributed by atoms with Crippen LogP contribution in [-0.2, 0) is 26.2 Å². The smallest absolute Gasteiger partial charge is 0.0430 e. The van der Waals surface area contributed by atoms with E-state index >= 15 is 0 Å². The molecule has 0 aliphatic carbocycles. The summed E-state index contributed by atoms with van der Waals surface area (Å²) in [7, 11) is 0. The van der Waals surface area contributed by atoms with Crippen molar-refractivity contribution in [2.45, 2.75) is 40.5 Å². The van der Waals surface area contributed by atoms with Gasteiger partial charge in [-0.15, -0.1) is 0 Å². The van der Waals surface area contributed by atoms with Gasteiger partial charge in [-0.25, -0.2) is 0 Å². The maximum atomic E-state index is 8.07. The third-order valence-corrected chi connectivity index (χ3v) is 0.512. The van der Waals surface area contributed by atoms with Crippen LogP contribution in [0.2, 0.25) is 0 Å². The zero-order valence-corrected chi connectivity index (χ0v) is 13.0. The molecule has 0 aromatic carbocycles. The zero-order chi connectivity index (χ0) is 12.2. The van der Waals surface area contributed by atoms with Crippen LogP contribution in [-0.4, -0.2) is 46.9 Å². The molecule has 0 radical (unpaired) electrons. The van der Waals surface area contributed by atoms with Gasteiger partial charge in [0.2, 0.25) is 0 Å². The fraction of sp³-hybridized carbons (Fsp3) is 1.00. The van der Waals surface area contributed by atoms with Crippen molar-refractivity contribution in [2.75, 3.05) is 26.4 Å². The van der Waals surface area contributed by atoms with E-state index in [2.05, 4.69) is 6.92 Å². The molecule has 15 heavy (non-hydrogen) atoms. The molecule has 0 bridgehead atoms. The Bertz CT molecular complexity index is 41.6. The molecular formula is C10H28O4Zr. The molecule has 0 aliphatic heterocycles. The SMILES string of the molecule is CCCCO.CCO.CCO.CCO.[Zr]. The van der Waals surface area contributed by atoms with Gasteiger partial charge in [0.15, 0.2) is 0 Å². The summed E-state index contributed by atoms with van der Waals surface area (Å²) in [6.45, 7) is 8.19. The standard InChI is InChI=1S/C4H10O.3C2H6O.Zr/c1-2-3-4-5;3*1-2-3;/h5H,2-4H2,1H3;3*3H,2H2,1H3;. The molecular weight excluding hydrogens is 275 g/mol. The van der Waals surface area contributed by atoms with Gasteiger partial charge in [0.05, 0.1) is 0 Å². The molecule has 0 rings (SSSR count). The molecule has 0 aromatic heterocycles. The van der Waals surface area contributed by atoms with E-state index in [1.807, 2.05) is 0 Å². The molecule has 0 aliphatic rings. The number of hydrogen-bond donors (Lipinski definition) is 4. The van der Waals surface area contributed by atoms with E-state index in [0.717, 1.165) is 12.8 Å². The summed E-state index contributed by atoms with van der Waals surface area (Å²) < 4.78 is 0. The second-order valence-corrected chi connectivity index (χ2v) is 2.03. The molecule has 0 spiro atoms. The molecule has 0 atom stereocenters. The summed E-state index contributed by atoms with van der Waals surface area (Å²) in [4.78, 5) is 0. The van der Waals surface area contributed by atoms with Crippen LogP contribution >= 0.6 is 0 Å². The fourth-order valence-corrected chi connectivity index (χ4v) is 0.158. The largest absolute Gasteiger partial charge is 0.397 e. The van der Waals surface area contributed by atoms with Crippen molar-refractivity contribution in [1.29, 1.82) is 0 Å². The first-order valence-corrected chi connectivity index (χ1v) is 5.09. The predicted molar refractivity (Wildman–Crippen MR) is 60.3 cm³/mol. The summed E-state index contributed by atoms with van der Waals surface area (Å²) in [5.74, 6) is 0. The Balaban J connectivity index is -0.0000000300. The topological polar surface area (TPSA) is 80.9 Å². The van der Waals surface area contributed by atoms with Crippen LogP contribution in [0.4, 0.5) is 0 Å². The minimum Gasteiger partial charge on any atom is -0.397 e. The maximum absolute atomic E-state index is 8.07. The second kappa shape index (κ2) is 61.3. The van der Waals surface area contributed by atoms with Gasteiger partial charge in [-0.3, -0.25) is 0 Å². The molecule has 0 aromatic rings. The minimum atomic E-state index is 0. The second-order valence-electron chi connectivity index (χ2n) is 2.03. The Morgan fingerprint density at radius 2 is 0.867 bits per heavy atom. The van der Waals surface area contributed by atoms with Crippen LogP contribution in [0.15, 0.2) is 0 Å². The van der Waals surface area contributed by atoms with Gasteiger partial charge in [-0.1, -0.05) is 13.3 Å². The Kier molecular flexibility index (Phi) is 121. The monoisotopic (exact) mass is 302 g/mol. The molecule has 5 heteroatoms. The Labute approximate surface area is 113 Å².